The van der Waals surface area contributed by atoms with Gasteiger partial charge in [0, 0.05) is 25.1 Å². The summed E-state index contributed by atoms with van der Waals surface area (Å²) < 4.78 is 16.3. The SMILES string of the molecule is COCO[C@H]1C[C@@H]2[C@@H](C(=O)OC)[C@@H](c3ccc4ccccc4c3)C[C@H]1N2C. The average Bonchev–Trinajstić information content (AvgIpc) is 2.89. The van der Waals surface area contributed by atoms with Gasteiger partial charge in [-0.3, -0.25) is 9.69 Å². The van der Waals surface area contributed by atoms with Crippen LogP contribution in [0.2, 0.25) is 0 Å². The van der Waals surface area contributed by atoms with Crippen LogP contribution in [-0.4, -0.2) is 57.1 Å². The number of nitrogens with zero attached hydrogens (tertiary/aromatic N) is 1. The first kappa shape index (κ1) is 18.4. The molecule has 0 spiro atoms. The largest absolute Gasteiger partial charge is 0.469 e. The summed E-state index contributed by atoms with van der Waals surface area (Å²) in [4.78, 5) is 15.1. The first-order chi connectivity index (χ1) is 13.1. The van der Waals surface area contributed by atoms with E-state index in [0.717, 1.165) is 12.8 Å². The van der Waals surface area contributed by atoms with Gasteiger partial charge in [-0.2, -0.15) is 0 Å². The second kappa shape index (κ2) is 7.58. The van der Waals surface area contributed by atoms with Crippen LogP contribution in [0.4, 0.5) is 0 Å². The highest BCUT2D eigenvalue weighted by molar-refractivity contribution is 5.83. The van der Waals surface area contributed by atoms with Gasteiger partial charge in [0.2, 0.25) is 0 Å². The number of hydrogen-bond acceptors (Lipinski definition) is 5. The van der Waals surface area contributed by atoms with Crippen molar-refractivity contribution in [1.82, 2.24) is 4.90 Å². The molecule has 2 bridgehead atoms. The number of esters is 1. The Bertz CT molecular complexity index is 823. The number of likely N-dealkylation sites (N-methyl/N-ethyl adjacent to an activating group) is 1. The van der Waals surface area contributed by atoms with E-state index in [1.54, 1.807) is 7.11 Å². The summed E-state index contributed by atoms with van der Waals surface area (Å²) in [6, 6.07) is 15.3. The Balaban J connectivity index is 1.70. The Kier molecular flexibility index (Phi) is 5.17. The highest BCUT2D eigenvalue weighted by Gasteiger charge is 2.54. The number of hydrogen-bond donors (Lipinski definition) is 0. The lowest BCUT2D eigenvalue weighted by Gasteiger charge is -2.42. The van der Waals surface area contributed by atoms with Gasteiger partial charge in [0.25, 0.3) is 0 Å². The van der Waals surface area contributed by atoms with Crippen LogP contribution in [0.25, 0.3) is 10.8 Å². The molecule has 0 saturated carbocycles. The normalized spacial score (nSPS) is 30.6. The molecule has 2 heterocycles. The second-order valence-corrected chi connectivity index (χ2v) is 7.65. The minimum atomic E-state index is -0.187. The van der Waals surface area contributed by atoms with Crippen LogP contribution in [0.15, 0.2) is 42.5 Å². The molecule has 2 fully saturated rings. The maximum Gasteiger partial charge on any atom is 0.310 e. The summed E-state index contributed by atoms with van der Waals surface area (Å²) in [5.74, 6) is -0.186. The summed E-state index contributed by atoms with van der Waals surface area (Å²) in [5, 5.41) is 2.42. The van der Waals surface area contributed by atoms with E-state index in [2.05, 4.69) is 48.3 Å². The van der Waals surface area contributed by atoms with Crippen molar-refractivity contribution in [2.75, 3.05) is 28.1 Å². The van der Waals surface area contributed by atoms with Crippen molar-refractivity contribution in [3.8, 4) is 0 Å². The van der Waals surface area contributed by atoms with Crippen LogP contribution < -0.4 is 0 Å². The average molecular weight is 369 g/mol. The highest BCUT2D eigenvalue weighted by atomic mass is 16.7. The topological polar surface area (TPSA) is 48.0 Å². The van der Waals surface area contributed by atoms with E-state index in [1.165, 1.54) is 23.4 Å². The van der Waals surface area contributed by atoms with E-state index in [-0.39, 0.29) is 42.8 Å². The Labute approximate surface area is 160 Å². The molecule has 27 heavy (non-hydrogen) atoms. The quantitative estimate of drug-likeness (QED) is 0.598. The molecular formula is C22H27NO4. The van der Waals surface area contributed by atoms with Crippen LogP contribution in [0.3, 0.4) is 0 Å². The molecule has 0 aliphatic carbocycles. The molecule has 5 atom stereocenters. The predicted octanol–water partition coefficient (Wildman–Crippen LogP) is 3.18. The molecule has 5 nitrogen and oxygen atoms in total. The number of carbonyl (C=O) groups excluding carboxylic acids is 1. The number of carbonyl (C=O) groups is 1. The predicted molar refractivity (Wildman–Crippen MR) is 104 cm³/mol. The molecule has 5 heteroatoms. The number of methoxy groups -OCH3 is 2. The van der Waals surface area contributed by atoms with E-state index < -0.39 is 0 Å². The first-order valence-corrected chi connectivity index (χ1v) is 9.53. The molecule has 144 valence electrons. The first-order valence-electron chi connectivity index (χ1n) is 9.53. The molecule has 0 amide bonds. The van der Waals surface area contributed by atoms with E-state index in [0.29, 0.717) is 0 Å². The second-order valence-electron chi connectivity index (χ2n) is 7.65. The van der Waals surface area contributed by atoms with Crippen molar-refractivity contribution >= 4 is 16.7 Å². The third kappa shape index (κ3) is 3.24. The zero-order chi connectivity index (χ0) is 19.0. The molecule has 0 aromatic heterocycles. The van der Waals surface area contributed by atoms with Gasteiger partial charge in [-0.1, -0.05) is 42.5 Å². The van der Waals surface area contributed by atoms with Gasteiger partial charge in [-0.25, -0.2) is 0 Å². The summed E-state index contributed by atoms with van der Waals surface area (Å²) in [6.07, 6.45) is 1.78. The van der Waals surface area contributed by atoms with Crippen molar-refractivity contribution in [2.45, 2.75) is 36.9 Å². The smallest absolute Gasteiger partial charge is 0.310 e. The molecular weight excluding hydrogens is 342 g/mol. The number of benzene rings is 2. The molecule has 0 N–H and O–H groups in total. The van der Waals surface area contributed by atoms with Crippen molar-refractivity contribution in [3.05, 3.63) is 48.0 Å². The molecule has 2 saturated heterocycles. The van der Waals surface area contributed by atoms with Gasteiger partial charge in [0.1, 0.15) is 6.79 Å². The molecule has 0 unspecified atom stereocenters. The van der Waals surface area contributed by atoms with Gasteiger partial charge in [-0.15, -0.1) is 0 Å². The summed E-state index contributed by atoms with van der Waals surface area (Å²) >= 11 is 0. The fourth-order valence-electron chi connectivity index (χ4n) is 5.04. The van der Waals surface area contributed by atoms with Crippen LogP contribution in [0, 0.1) is 5.92 Å². The fraction of sp³-hybridized carbons (Fsp3) is 0.500. The standard InChI is InChI=1S/C22H27NO4/c1-23-18-11-17(16-9-8-14-6-4-5-7-15(14)10-16)21(22(24)26-3)19(23)12-20(18)27-13-25-2/h4-10,17-21H,11-13H2,1-3H3/t17-,18-,19-,20+,21+/m1/s1. The zero-order valence-electron chi connectivity index (χ0n) is 16.1. The lowest BCUT2D eigenvalue weighted by molar-refractivity contribution is -0.150. The Morgan fingerprint density at radius 3 is 2.59 bits per heavy atom. The Morgan fingerprint density at radius 2 is 1.85 bits per heavy atom. The van der Waals surface area contributed by atoms with Crippen LogP contribution in [-0.2, 0) is 19.0 Å². The lowest BCUT2D eigenvalue weighted by Crippen LogP contribution is -2.50. The van der Waals surface area contributed by atoms with Gasteiger partial charge in [0.05, 0.1) is 19.1 Å². The van der Waals surface area contributed by atoms with Crippen molar-refractivity contribution in [2.24, 2.45) is 5.92 Å². The highest BCUT2D eigenvalue weighted by Crippen LogP contribution is 2.47. The number of rotatable bonds is 5. The maximum absolute atomic E-state index is 12.8. The van der Waals surface area contributed by atoms with Gasteiger partial charge >= 0.3 is 5.97 Å². The van der Waals surface area contributed by atoms with Crippen molar-refractivity contribution in [3.63, 3.8) is 0 Å². The number of ether oxygens (including phenoxy) is 3. The third-order valence-corrected chi connectivity index (χ3v) is 6.37. The maximum atomic E-state index is 12.8. The summed E-state index contributed by atoms with van der Waals surface area (Å²) in [7, 11) is 5.22. The molecule has 0 radical (unpaired) electrons. The minimum absolute atomic E-state index is 0.0811. The Hall–Kier alpha value is -1.95. The van der Waals surface area contributed by atoms with Gasteiger partial charge in [0.15, 0.2) is 0 Å². The van der Waals surface area contributed by atoms with Crippen molar-refractivity contribution in [1.29, 1.82) is 0 Å². The monoisotopic (exact) mass is 369 g/mol. The van der Waals surface area contributed by atoms with E-state index >= 15 is 0 Å². The molecule has 4 rings (SSSR count). The van der Waals surface area contributed by atoms with Gasteiger partial charge in [-0.05, 0) is 36.2 Å². The summed E-state index contributed by atoms with van der Waals surface area (Å²) in [5.41, 5.74) is 1.21. The minimum Gasteiger partial charge on any atom is -0.469 e. The van der Waals surface area contributed by atoms with E-state index in [1.807, 2.05) is 6.07 Å². The van der Waals surface area contributed by atoms with Crippen molar-refractivity contribution < 1.29 is 19.0 Å². The molecule has 2 aromatic carbocycles. The van der Waals surface area contributed by atoms with Gasteiger partial charge < -0.3 is 14.2 Å². The molecule has 2 aliphatic rings. The third-order valence-electron chi connectivity index (χ3n) is 6.37. The fourth-order valence-corrected chi connectivity index (χ4v) is 5.04. The van der Waals surface area contributed by atoms with E-state index in [9.17, 15) is 4.79 Å². The van der Waals surface area contributed by atoms with Crippen LogP contribution in [0.1, 0.15) is 24.3 Å². The zero-order valence-corrected chi connectivity index (χ0v) is 16.1. The number of fused-ring (bicyclic) bond motifs is 3. The molecule has 2 aliphatic heterocycles. The number of piperidine rings is 1. The Morgan fingerprint density at radius 1 is 1.07 bits per heavy atom. The van der Waals surface area contributed by atoms with Crippen LogP contribution in [0.5, 0.6) is 0 Å². The lowest BCUT2D eigenvalue weighted by atomic mass is 9.76. The van der Waals surface area contributed by atoms with Crippen LogP contribution >= 0.6 is 0 Å². The summed E-state index contributed by atoms with van der Waals surface area (Å²) in [6.45, 7) is 0.283. The van der Waals surface area contributed by atoms with E-state index in [4.69, 9.17) is 14.2 Å². The molecule has 2 aromatic rings.